The molecule has 0 atom stereocenters. The summed E-state index contributed by atoms with van der Waals surface area (Å²) in [7, 11) is 3.75. The highest BCUT2D eigenvalue weighted by molar-refractivity contribution is 5.46. The van der Waals surface area contributed by atoms with Crippen LogP contribution in [0.1, 0.15) is 0 Å². The third-order valence-corrected chi connectivity index (χ3v) is 1.40. The summed E-state index contributed by atoms with van der Waals surface area (Å²) in [5.74, 6) is 0. The summed E-state index contributed by atoms with van der Waals surface area (Å²) in [6, 6.07) is 0. The van der Waals surface area contributed by atoms with Crippen LogP contribution in [-0.2, 0) is 4.79 Å². The number of hydrogen-bond acceptors (Lipinski definition) is 2. The van der Waals surface area contributed by atoms with Gasteiger partial charge >= 0.3 is 0 Å². The lowest BCUT2D eigenvalue weighted by Crippen LogP contribution is -2.29. The molecule has 0 aromatic heterocycles. The molecule has 0 unspecified atom stereocenters. The maximum atomic E-state index is 10.1. The van der Waals surface area contributed by atoms with Crippen molar-refractivity contribution in [3.63, 3.8) is 0 Å². The maximum Gasteiger partial charge on any atom is 0.209 e. The van der Waals surface area contributed by atoms with Crippen LogP contribution in [0.4, 0.5) is 0 Å². The fourth-order valence-electron chi connectivity index (χ4n) is 0.493. The summed E-state index contributed by atoms with van der Waals surface area (Å²) in [6.45, 7) is 6.15. The highest BCUT2D eigenvalue weighted by Crippen LogP contribution is 1.81. The summed E-state index contributed by atoms with van der Waals surface area (Å²) in [5, 5.41) is 0. The van der Waals surface area contributed by atoms with Gasteiger partial charge in [0.15, 0.2) is 0 Å². The molecule has 0 spiro atoms. The molecule has 3 heteroatoms. The minimum Gasteiger partial charge on any atom is -0.347 e. The molecule has 0 aliphatic rings. The molecule has 0 aromatic carbocycles. The molecule has 0 bridgehead atoms. The van der Waals surface area contributed by atoms with Gasteiger partial charge in [-0.1, -0.05) is 0 Å². The monoisotopic (exact) mass is 143 g/mol. The number of nitrogens with zero attached hydrogens (tertiary/aromatic N) is 2. The average Bonchev–Trinajstić information content (AvgIpc) is 1.99. The molecule has 0 aromatic rings. The highest BCUT2D eigenvalue weighted by atomic mass is 16.1. The minimum absolute atomic E-state index is 0.773. The molecule has 0 saturated heterocycles. The second-order valence-electron chi connectivity index (χ2n) is 2.39. The van der Waals surface area contributed by atoms with Crippen molar-refractivity contribution in [3.8, 4) is 0 Å². The topological polar surface area (TPSA) is 23.6 Å². The van der Waals surface area contributed by atoms with Crippen LogP contribution in [-0.4, -0.2) is 49.9 Å². The molecule has 0 rings (SSSR count). The van der Waals surface area contributed by atoms with Gasteiger partial charge in [-0.05, 0) is 20.5 Å². The van der Waals surface area contributed by atoms with Crippen LogP contribution in [0.2, 0.25) is 0 Å². The molecule has 3 nitrogen and oxygen atoms in total. The quantitative estimate of drug-likeness (QED) is 0.499. The third kappa shape index (κ3) is 4.32. The Bertz CT molecular complexity index is 95.6. The van der Waals surface area contributed by atoms with Gasteiger partial charge in [0.25, 0.3) is 0 Å². The van der Waals surface area contributed by atoms with Crippen molar-refractivity contribution in [2.24, 2.45) is 0 Å². The molecule has 10 heavy (non-hydrogen) atoms. The second-order valence-corrected chi connectivity index (χ2v) is 2.39. The van der Waals surface area contributed by atoms with Crippen LogP contribution in [0.25, 0.3) is 0 Å². The zero-order valence-electron chi connectivity index (χ0n) is 6.71. The standard InChI is InChI=1S/C7H15N2O/c1-4-8(2)5-6-9(3)7-10/h7H,1,4-6H2,2-3H3. The number of amides is 1. The van der Waals surface area contributed by atoms with Gasteiger partial charge in [-0.15, -0.1) is 0 Å². The first-order chi connectivity index (χ1) is 4.70. The van der Waals surface area contributed by atoms with Gasteiger partial charge in [0.2, 0.25) is 6.41 Å². The Hall–Kier alpha value is -0.570. The van der Waals surface area contributed by atoms with E-state index in [0.29, 0.717) is 0 Å². The Morgan fingerprint density at radius 2 is 2.00 bits per heavy atom. The number of likely N-dealkylation sites (N-methyl/N-ethyl adjacent to an activating group) is 2. The van der Waals surface area contributed by atoms with Gasteiger partial charge in [-0.3, -0.25) is 4.79 Å². The van der Waals surface area contributed by atoms with E-state index in [4.69, 9.17) is 0 Å². The predicted molar refractivity (Wildman–Crippen MR) is 41.5 cm³/mol. The van der Waals surface area contributed by atoms with E-state index in [-0.39, 0.29) is 0 Å². The minimum atomic E-state index is 0.773. The van der Waals surface area contributed by atoms with Crippen molar-refractivity contribution in [2.45, 2.75) is 0 Å². The fraction of sp³-hybridized carbons (Fsp3) is 0.714. The summed E-state index contributed by atoms with van der Waals surface area (Å²) >= 11 is 0. The average molecular weight is 143 g/mol. The first-order valence-electron chi connectivity index (χ1n) is 3.34. The van der Waals surface area contributed by atoms with E-state index in [0.717, 1.165) is 26.0 Å². The van der Waals surface area contributed by atoms with Crippen molar-refractivity contribution < 1.29 is 4.79 Å². The Kier molecular flexibility index (Phi) is 4.94. The SMILES string of the molecule is [CH2]CN(C)CCN(C)C=O. The number of carbonyl (C=O) groups is 1. The first kappa shape index (κ1) is 9.43. The molecule has 0 saturated carbocycles. The number of carbonyl (C=O) groups excluding carboxylic acids is 1. The largest absolute Gasteiger partial charge is 0.347 e. The first-order valence-corrected chi connectivity index (χ1v) is 3.34. The molecule has 0 heterocycles. The lowest BCUT2D eigenvalue weighted by Gasteiger charge is -2.16. The lowest BCUT2D eigenvalue weighted by molar-refractivity contribution is -0.117. The van der Waals surface area contributed by atoms with E-state index in [1.54, 1.807) is 11.9 Å². The zero-order valence-corrected chi connectivity index (χ0v) is 6.71. The Balaban J connectivity index is 3.25. The Morgan fingerprint density at radius 3 is 2.40 bits per heavy atom. The summed E-state index contributed by atoms with van der Waals surface area (Å²) in [4.78, 5) is 13.8. The van der Waals surface area contributed by atoms with Gasteiger partial charge in [0.1, 0.15) is 0 Å². The summed E-state index contributed by atoms with van der Waals surface area (Å²) in [5.41, 5.74) is 0. The van der Waals surface area contributed by atoms with Gasteiger partial charge < -0.3 is 9.80 Å². The van der Waals surface area contributed by atoms with E-state index in [1.807, 2.05) is 7.05 Å². The lowest BCUT2D eigenvalue weighted by atomic mass is 10.5. The molecule has 0 aliphatic carbocycles. The van der Waals surface area contributed by atoms with E-state index in [2.05, 4.69) is 11.8 Å². The van der Waals surface area contributed by atoms with Crippen LogP contribution in [0, 0.1) is 6.92 Å². The molecule has 1 amide bonds. The van der Waals surface area contributed by atoms with Gasteiger partial charge in [-0.25, -0.2) is 0 Å². The van der Waals surface area contributed by atoms with Gasteiger partial charge in [0, 0.05) is 20.1 Å². The molecule has 0 N–H and O–H groups in total. The molecule has 59 valence electrons. The van der Waals surface area contributed by atoms with Crippen LogP contribution in [0.5, 0.6) is 0 Å². The molecule has 0 fully saturated rings. The van der Waals surface area contributed by atoms with Crippen LogP contribution >= 0.6 is 0 Å². The van der Waals surface area contributed by atoms with E-state index >= 15 is 0 Å². The normalized spacial score (nSPS) is 10.0. The van der Waals surface area contributed by atoms with Gasteiger partial charge in [0.05, 0.1) is 0 Å². The van der Waals surface area contributed by atoms with E-state index < -0.39 is 0 Å². The van der Waals surface area contributed by atoms with Crippen molar-refractivity contribution >= 4 is 6.41 Å². The van der Waals surface area contributed by atoms with Crippen molar-refractivity contribution in [2.75, 3.05) is 33.7 Å². The van der Waals surface area contributed by atoms with Gasteiger partial charge in [-0.2, -0.15) is 0 Å². The molecular formula is C7H15N2O. The van der Waals surface area contributed by atoms with Crippen molar-refractivity contribution in [1.82, 2.24) is 9.80 Å². The third-order valence-electron chi connectivity index (χ3n) is 1.40. The van der Waals surface area contributed by atoms with E-state index in [9.17, 15) is 4.79 Å². The van der Waals surface area contributed by atoms with Crippen LogP contribution in [0.3, 0.4) is 0 Å². The maximum absolute atomic E-state index is 10.1. The van der Waals surface area contributed by atoms with Crippen molar-refractivity contribution in [3.05, 3.63) is 6.92 Å². The van der Waals surface area contributed by atoms with Crippen molar-refractivity contribution in [1.29, 1.82) is 0 Å². The molecular weight excluding hydrogens is 128 g/mol. The Labute approximate surface area is 62.6 Å². The molecule has 0 aliphatic heterocycles. The summed E-state index contributed by atoms with van der Waals surface area (Å²) < 4.78 is 0. The summed E-state index contributed by atoms with van der Waals surface area (Å²) in [6.07, 6.45) is 0.830. The highest BCUT2D eigenvalue weighted by Gasteiger charge is 1.95. The van der Waals surface area contributed by atoms with Crippen LogP contribution in [0.15, 0.2) is 0 Å². The molecule has 1 radical (unpaired) electrons. The zero-order chi connectivity index (χ0) is 7.98. The van der Waals surface area contributed by atoms with E-state index in [1.165, 1.54) is 0 Å². The Morgan fingerprint density at radius 1 is 1.40 bits per heavy atom. The smallest absolute Gasteiger partial charge is 0.209 e. The fourth-order valence-corrected chi connectivity index (χ4v) is 0.493. The second kappa shape index (κ2) is 5.23. The number of hydrogen-bond donors (Lipinski definition) is 0. The predicted octanol–water partition coefficient (Wildman–Crippen LogP) is -0.160. The van der Waals surface area contributed by atoms with Crippen LogP contribution < -0.4 is 0 Å². The number of rotatable bonds is 5.